The molecule has 1 saturated carbocycles. The molecular weight excluding hydrogens is 276 g/mol. The Labute approximate surface area is 123 Å². The molecule has 1 amide bonds. The van der Waals surface area contributed by atoms with Gasteiger partial charge in [-0.05, 0) is 12.8 Å². The van der Waals surface area contributed by atoms with Gasteiger partial charge in [-0.15, -0.1) is 0 Å². The van der Waals surface area contributed by atoms with Crippen molar-refractivity contribution < 1.29 is 23.6 Å². The van der Waals surface area contributed by atoms with Crippen molar-refractivity contribution in [2.75, 3.05) is 20.8 Å². The van der Waals surface area contributed by atoms with E-state index in [2.05, 4.69) is 9.89 Å². The Bertz CT molecular complexity index is 493. The van der Waals surface area contributed by atoms with E-state index in [9.17, 15) is 9.59 Å². The fourth-order valence-electron chi connectivity index (χ4n) is 2.56. The molecule has 0 aromatic carbocycles. The highest BCUT2D eigenvalue weighted by Crippen LogP contribution is 2.25. The Morgan fingerprint density at radius 3 is 2.71 bits per heavy atom. The lowest BCUT2D eigenvalue weighted by atomic mass is 10.2. The molecule has 0 unspecified atom stereocenters. The van der Waals surface area contributed by atoms with Crippen LogP contribution in [0.3, 0.4) is 0 Å². The Kier molecular flexibility index (Phi) is 5.32. The third kappa shape index (κ3) is 3.81. The zero-order valence-corrected chi connectivity index (χ0v) is 12.3. The summed E-state index contributed by atoms with van der Waals surface area (Å²) in [5.41, 5.74) is 0.192. The zero-order valence-electron chi connectivity index (χ0n) is 12.3. The van der Waals surface area contributed by atoms with Crippen LogP contribution in [0.1, 0.15) is 41.9 Å². The van der Waals surface area contributed by atoms with Crippen molar-refractivity contribution in [3.8, 4) is 0 Å². The number of carbonyl (C=O) groups is 2. The van der Waals surface area contributed by atoms with Crippen molar-refractivity contribution in [3.05, 3.63) is 17.5 Å². The molecule has 1 fully saturated rings. The van der Waals surface area contributed by atoms with Crippen LogP contribution in [0.2, 0.25) is 0 Å². The van der Waals surface area contributed by atoms with Gasteiger partial charge in [0.25, 0.3) is 5.91 Å². The van der Waals surface area contributed by atoms with Gasteiger partial charge in [-0.1, -0.05) is 18.0 Å². The van der Waals surface area contributed by atoms with Gasteiger partial charge in [-0.3, -0.25) is 9.59 Å². The van der Waals surface area contributed by atoms with Crippen LogP contribution in [0, 0.1) is 0 Å². The Morgan fingerprint density at radius 2 is 2.10 bits per heavy atom. The maximum Gasteiger partial charge on any atom is 0.325 e. The molecule has 1 heterocycles. The first-order valence-electron chi connectivity index (χ1n) is 6.98. The third-order valence-electron chi connectivity index (χ3n) is 3.62. The lowest BCUT2D eigenvalue weighted by Gasteiger charge is -2.26. The second-order valence-electron chi connectivity index (χ2n) is 5.06. The number of amides is 1. The average molecular weight is 296 g/mol. The molecule has 0 spiro atoms. The number of hydrogen-bond donors (Lipinski definition) is 0. The van der Waals surface area contributed by atoms with E-state index in [1.807, 2.05) is 0 Å². The molecule has 116 valence electrons. The second-order valence-corrected chi connectivity index (χ2v) is 5.06. The molecular formula is C14H20N2O5. The molecule has 0 radical (unpaired) electrons. The van der Waals surface area contributed by atoms with Crippen molar-refractivity contribution in [1.29, 1.82) is 0 Å². The molecule has 1 aliphatic carbocycles. The summed E-state index contributed by atoms with van der Waals surface area (Å²) in [7, 11) is 2.85. The van der Waals surface area contributed by atoms with Crippen LogP contribution in [0.4, 0.5) is 0 Å². The molecule has 1 aromatic rings. The van der Waals surface area contributed by atoms with Crippen LogP contribution in [-0.4, -0.2) is 48.7 Å². The number of hydrogen-bond acceptors (Lipinski definition) is 6. The minimum Gasteiger partial charge on any atom is -0.468 e. The molecule has 0 bridgehead atoms. The lowest BCUT2D eigenvalue weighted by molar-refractivity contribution is -0.141. The number of rotatable bonds is 6. The highest BCUT2D eigenvalue weighted by Gasteiger charge is 2.31. The van der Waals surface area contributed by atoms with Crippen molar-refractivity contribution >= 4 is 11.9 Å². The minimum atomic E-state index is -0.434. The number of ether oxygens (including phenoxy) is 2. The first kappa shape index (κ1) is 15.5. The number of esters is 1. The standard InChI is InChI=1S/C14H20N2O5/c1-19-9-11-7-12(15-21-11)14(18)16(8-13(17)20-2)10-5-3-4-6-10/h7,10H,3-6,8-9H2,1-2H3. The van der Waals surface area contributed by atoms with E-state index in [0.29, 0.717) is 5.76 Å². The van der Waals surface area contributed by atoms with Gasteiger partial charge in [-0.2, -0.15) is 0 Å². The van der Waals surface area contributed by atoms with Crippen LogP contribution in [0.25, 0.3) is 0 Å². The quantitative estimate of drug-likeness (QED) is 0.738. The van der Waals surface area contributed by atoms with Crippen LogP contribution >= 0.6 is 0 Å². The molecule has 7 heteroatoms. The number of nitrogens with zero attached hydrogens (tertiary/aromatic N) is 2. The van der Waals surface area contributed by atoms with Crippen LogP contribution in [0.15, 0.2) is 10.6 Å². The molecule has 0 atom stereocenters. The maximum atomic E-state index is 12.6. The third-order valence-corrected chi connectivity index (χ3v) is 3.62. The molecule has 0 aliphatic heterocycles. The van der Waals surface area contributed by atoms with Gasteiger partial charge in [-0.25, -0.2) is 0 Å². The summed E-state index contributed by atoms with van der Waals surface area (Å²) in [5.74, 6) is -0.264. The first-order chi connectivity index (χ1) is 10.2. The van der Waals surface area contributed by atoms with E-state index >= 15 is 0 Å². The van der Waals surface area contributed by atoms with Gasteiger partial charge in [0.15, 0.2) is 11.5 Å². The Balaban J connectivity index is 2.13. The first-order valence-corrected chi connectivity index (χ1v) is 6.98. The van der Waals surface area contributed by atoms with E-state index < -0.39 is 5.97 Å². The predicted octanol–water partition coefficient (Wildman–Crippen LogP) is 1.38. The molecule has 21 heavy (non-hydrogen) atoms. The van der Waals surface area contributed by atoms with Crippen LogP contribution in [-0.2, 0) is 20.9 Å². The van der Waals surface area contributed by atoms with Crippen LogP contribution in [0.5, 0.6) is 0 Å². The molecule has 0 saturated heterocycles. The maximum absolute atomic E-state index is 12.6. The van der Waals surface area contributed by atoms with Gasteiger partial charge < -0.3 is 18.9 Å². The van der Waals surface area contributed by atoms with E-state index in [4.69, 9.17) is 9.26 Å². The minimum absolute atomic E-state index is 0.0548. The lowest BCUT2D eigenvalue weighted by Crippen LogP contribution is -2.42. The monoisotopic (exact) mass is 296 g/mol. The van der Waals surface area contributed by atoms with E-state index in [0.717, 1.165) is 25.7 Å². The topological polar surface area (TPSA) is 81.9 Å². The summed E-state index contributed by atoms with van der Waals surface area (Å²) in [6.45, 7) is 0.188. The number of aromatic nitrogens is 1. The van der Waals surface area contributed by atoms with Gasteiger partial charge in [0.05, 0.1) is 7.11 Å². The largest absolute Gasteiger partial charge is 0.468 e. The van der Waals surface area contributed by atoms with Gasteiger partial charge in [0.2, 0.25) is 0 Å². The molecule has 0 N–H and O–H groups in total. The fraction of sp³-hybridized carbons (Fsp3) is 0.643. The fourth-order valence-corrected chi connectivity index (χ4v) is 2.56. The molecule has 7 nitrogen and oxygen atoms in total. The second kappa shape index (κ2) is 7.21. The molecule has 1 aliphatic rings. The SMILES string of the molecule is COCc1cc(C(=O)N(CC(=O)OC)C2CCCC2)no1. The van der Waals surface area contributed by atoms with Gasteiger partial charge in [0.1, 0.15) is 13.2 Å². The van der Waals surface area contributed by atoms with Crippen molar-refractivity contribution in [2.24, 2.45) is 0 Å². The summed E-state index contributed by atoms with van der Waals surface area (Å²) < 4.78 is 14.6. The van der Waals surface area contributed by atoms with Crippen molar-refractivity contribution in [3.63, 3.8) is 0 Å². The van der Waals surface area contributed by atoms with E-state index in [1.54, 1.807) is 6.07 Å². The summed E-state index contributed by atoms with van der Waals surface area (Å²) in [5, 5.41) is 3.76. The van der Waals surface area contributed by atoms with Gasteiger partial charge in [0, 0.05) is 19.2 Å². The number of methoxy groups -OCH3 is 2. The van der Waals surface area contributed by atoms with E-state index in [-0.39, 0.29) is 30.8 Å². The summed E-state index contributed by atoms with van der Waals surface area (Å²) >= 11 is 0. The smallest absolute Gasteiger partial charge is 0.325 e. The molecule has 2 rings (SSSR count). The highest BCUT2D eigenvalue weighted by atomic mass is 16.5. The Morgan fingerprint density at radius 1 is 1.38 bits per heavy atom. The highest BCUT2D eigenvalue weighted by molar-refractivity contribution is 5.94. The normalized spacial score (nSPS) is 15.1. The average Bonchev–Trinajstić information content (AvgIpc) is 3.15. The van der Waals surface area contributed by atoms with Crippen molar-refractivity contribution in [1.82, 2.24) is 10.1 Å². The van der Waals surface area contributed by atoms with Crippen LogP contribution < -0.4 is 0 Å². The van der Waals surface area contributed by atoms with Gasteiger partial charge >= 0.3 is 5.97 Å². The summed E-state index contributed by atoms with van der Waals surface area (Å²) in [6.07, 6.45) is 3.91. The molecule has 1 aromatic heterocycles. The number of carbonyl (C=O) groups excluding carboxylic acids is 2. The predicted molar refractivity (Wildman–Crippen MR) is 72.5 cm³/mol. The summed E-state index contributed by atoms with van der Waals surface area (Å²) in [4.78, 5) is 25.6. The van der Waals surface area contributed by atoms with Crippen molar-refractivity contribution in [2.45, 2.75) is 38.3 Å². The summed E-state index contributed by atoms with van der Waals surface area (Å²) in [6, 6.07) is 1.60. The van der Waals surface area contributed by atoms with E-state index in [1.165, 1.54) is 19.1 Å². The zero-order chi connectivity index (χ0) is 15.2. The Hall–Kier alpha value is -1.89.